The van der Waals surface area contributed by atoms with Gasteiger partial charge in [0.2, 0.25) is 10.0 Å². The standard InChI is InChI=1S/C12H20N4O2S/c1-10-7-15-12(8-14-10)9-16-19(17,18)6-2-5-13-11-3-4-11/h7-8,11,13,16H,2-6,9H2,1H3. The molecule has 19 heavy (non-hydrogen) atoms. The fourth-order valence-electron chi connectivity index (χ4n) is 1.62. The van der Waals surface area contributed by atoms with E-state index < -0.39 is 10.0 Å². The van der Waals surface area contributed by atoms with Crippen LogP contribution in [0.5, 0.6) is 0 Å². The van der Waals surface area contributed by atoms with Crippen LogP contribution in [0.25, 0.3) is 0 Å². The molecule has 1 aliphatic rings. The van der Waals surface area contributed by atoms with E-state index in [1.807, 2.05) is 6.92 Å². The van der Waals surface area contributed by atoms with Crippen LogP contribution in [0.15, 0.2) is 12.4 Å². The first-order valence-corrected chi connectivity index (χ1v) is 8.19. The zero-order chi connectivity index (χ0) is 13.7. The highest BCUT2D eigenvalue weighted by Crippen LogP contribution is 2.18. The summed E-state index contributed by atoms with van der Waals surface area (Å²) < 4.78 is 26.0. The van der Waals surface area contributed by atoms with Crippen molar-refractivity contribution in [3.63, 3.8) is 0 Å². The summed E-state index contributed by atoms with van der Waals surface area (Å²) in [7, 11) is -3.23. The van der Waals surface area contributed by atoms with Gasteiger partial charge >= 0.3 is 0 Å². The predicted octanol–water partition coefficient (Wildman–Crippen LogP) is 0.347. The van der Waals surface area contributed by atoms with E-state index in [9.17, 15) is 8.42 Å². The zero-order valence-corrected chi connectivity index (χ0v) is 11.9. The summed E-state index contributed by atoms with van der Waals surface area (Å²) in [6.45, 7) is 2.80. The van der Waals surface area contributed by atoms with E-state index in [0.717, 1.165) is 12.2 Å². The van der Waals surface area contributed by atoms with Crippen LogP contribution in [0.1, 0.15) is 30.7 Å². The lowest BCUT2D eigenvalue weighted by Crippen LogP contribution is -2.28. The van der Waals surface area contributed by atoms with Crippen LogP contribution >= 0.6 is 0 Å². The van der Waals surface area contributed by atoms with E-state index in [4.69, 9.17) is 0 Å². The maximum Gasteiger partial charge on any atom is 0.211 e. The number of nitrogens with zero attached hydrogens (tertiary/aromatic N) is 2. The minimum atomic E-state index is -3.23. The number of sulfonamides is 1. The molecule has 0 radical (unpaired) electrons. The van der Waals surface area contributed by atoms with Gasteiger partial charge in [0.05, 0.1) is 29.9 Å². The molecule has 0 bridgehead atoms. The Bertz CT molecular complexity index is 497. The van der Waals surface area contributed by atoms with Gasteiger partial charge in [0, 0.05) is 12.2 Å². The van der Waals surface area contributed by atoms with Gasteiger partial charge in [-0.25, -0.2) is 13.1 Å². The summed E-state index contributed by atoms with van der Waals surface area (Å²) in [5, 5.41) is 3.29. The van der Waals surface area contributed by atoms with Crippen LogP contribution < -0.4 is 10.0 Å². The van der Waals surface area contributed by atoms with Crippen molar-refractivity contribution < 1.29 is 8.42 Å². The molecule has 1 aliphatic carbocycles. The molecule has 6 nitrogen and oxygen atoms in total. The van der Waals surface area contributed by atoms with E-state index in [1.165, 1.54) is 12.8 Å². The average Bonchev–Trinajstić information content (AvgIpc) is 3.18. The Morgan fingerprint density at radius 1 is 1.32 bits per heavy atom. The maximum atomic E-state index is 11.7. The Morgan fingerprint density at radius 2 is 2.11 bits per heavy atom. The molecule has 1 aromatic rings. The van der Waals surface area contributed by atoms with Crippen molar-refractivity contribution in [2.24, 2.45) is 0 Å². The Balaban J connectivity index is 1.68. The highest BCUT2D eigenvalue weighted by Gasteiger charge is 2.20. The largest absolute Gasteiger partial charge is 0.314 e. The number of aryl methyl sites for hydroxylation is 1. The SMILES string of the molecule is Cc1cnc(CNS(=O)(=O)CCCNC2CC2)cn1. The molecule has 0 aliphatic heterocycles. The van der Waals surface area contributed by atoms with Crippen LogP contribution in [-0.2, 0) is 16.6 Å². The molecule has 0 aromatic carbocycles. The summed E-state index contributed by atoms with van der Waals surface area (Å²) in [5.74, 6) is 0.145. The van der Waals surface area contributed by atoms with Gasteiger partial charge in [0.25, 0.3) is 0 Å². The second-order valence-corrected chi connectivity index (χ2v) is 6.80. The van der Waals surface area contributed by atoms with Crippen molar-refractivity contribution in [1.82, 2.24) is 20.0 Å². The van der Waals surface area contributed by atoms with Crippen molar-refractivity contribution >= 4 is 10.0 Å². The van der Waals surface area contributed by atoms with Crippen LogP contribution in [0.4, 0.5) is 0 Å². The number of aromatic nitrogens is 2. The summed E-state index contributed by atoms with van der Waals surface area (Å²) in [6, 6.07) is 0.624. The number of hydrogen-bond acceptors (Lipinski definition) is 5. The molecule has 0 atom stereocenters. The zero-order valence-electron chi connectivity index (χ0n) is 11.1. The first kappa shape index (κ1) is 14.4. The smallest absolute Gasteiger partial charge is 0.211 e. The highest BCUT2D eigenvalue weighted by atomic mass is 32.2. The Morgan fingerprint density at radius 3 is 2.74 bits per heavy atom. The lowest BCUT2D eigenvalue weighted by molar-refractivity contribution is 0.573. The normalized spacial score (nSPS) is 15.6. The quantitative estimate of drug-likeness (QED) is 0.673. The van der Waals surface area contributed by atoms with Gasteiger partial charge in [0.1, 0.15) is 0 Å². The molecule has 0 spiro atoms. The molecule has 2 N–H and O–H groups in total. The van der Waals surface area contributed by atoms with Crippen LogP contribution in [-0.4, -0.2) is 36.7 Å². The lowest BCUT2D eigenvalue weighted by atomic mass is 10.4. The predicted molar refractivity (Wildman–Crippen MR) is 73.0 cm³/mol. The molecule has 7 heteroatoms. The van der Waals surface area contributed by atoms with E-state index in [1.54, 1.807) is 12.4 Å². The van der Waals surface area contributed by atoms with Gasteiger partial charge in [-0.05, 0) is 32.7 Å². The fourth-order valence-corrected chi connectivity index (χ4v) is 2.66. The molecule has 1 aromatic heterocycles. The van der Waals surface area contributed by atoms with Crippen LogP contribution in [0.3, 0.4) is 0 Å². The Hall–Kier alpha value is -1.05. The van der Waals surface area contributed by atoms with Crippen molar-refractivity contribution in [1.29, 1.82) is 0 Å². The third-order valence-electron chi connectivity index (χ3n) is 2.91. The third kappa shape index (κ3) is 5.63. The molecule has 1 saturated carbocycles. The summed E-state index contributed by atoms with van der Waals surface area (Å²) in [4.78, 5) is 8.18. The Labute approximate surface area is 114 Å². The van der Waals surface area contributed by atoms with Crippen molar-refractivity contribution in [2.75, 3.05) is 12.3 Å². The molecule has 0 saturated heterocycles. The molecule has 0 unspecified atom stereocenters. The lowest BCUT2D eigenvalue weighted by Gasteiger charge is -2.06. The average molecular weight is 284 g/mol. The van der Waals surface area contributed by atoms with Crippen molar-refractivity contribution in [3.05, 3.63) is 23.8 Å². The number of nitrogens with one attached hydrogen (secondary N) is 2. The van der Waals surface area contributed by atoms with Gasteiger partial charge in [-0.3, -0.25) is 9.97 Å². The number of hydrogen-bond donors (Lipinski definition) is 2. The van der Waals surface area contributed by atoms with Gasteiger partial charge in [-0.2, -0.15) is 0 Å². The molecule has 0 amide bonds. The first-order chi connectivity index (χ1) is 9.05. The van der Waals surface area contributed by atoms with E-state index in [-0.39, 0.29) is 12.3 Å². The fraction of sp³-hybridized carbons (Fsp3) is 0.667. The monoisotopic (exact) mass is 284 g/mol. The van der Waals surface area contributed by atoms with Crippen molar-refractivity contribution in [2.45, 2.75) is 38.8 Å². The molecular weight excluding hydrogens is 264 g/mol. The molecular formula is C12H20N4O2S. The summed E-state index contributed by atoms with van der Waals surface area (Å²) >= 11 is 0. The highest BCUT2D eigenvalue weighted by molar-refractivity contribution is 7.89. The second kappa shape index (κ2) is 6.40. The summed E-state index contributed by atoms with van der Waals surface area (Å²) in [5.41, 5.74) is 1.45. The van der Waals surface area contributed by atoms with Crippen LogP contribution in [0, 0.1) is 6.92 Å². The first-order valence-electron chi connectivity index (χ1n) is 6.53. The number of rotatable bonds is 8. The van der Waals surface area contributed by atoms with E-state index in [2.05, 4.69) is 20.0 Å². The van der Waals surface area contributed by atoms with Gasteiger partial charge < -0.3 is 5.32 Å². The molecule has 106 valence electrons. The second-order valence-electron chi connectivity index (χ2n) is 4.87. The third-order valence-corrected chi connectivity index (χ3v) is 4.32. The molecule has 2 rings (SSSR count). The van der Waals surface area contributed by atoms with Gasteiger partial charge in [0.15, 0.2) is 0 Å². The van der Waals surface area contributed by atoms with Crippen molar-refractivity contribution in [3.8, 4) is 0 Å². The molecule has 1 fully saturated rings. The minimum Gasteiger partial charge on any atom is -0.314 e. The minimum absolute atomic E-state index is 0.145. The van der Waals surface area contributed by atoms with Gasteiger partial charge in [-0.1, -0.05) is 0 Å². The summed E-state index contributed by atoms with van der Waals surface area (Å²) in [6.07, 6.45) is 6.29. The molecule has 1 heterocycles. The topological polar surface area (TPSA) is 84.0 Å². The maximum absolute atomic E-state index is 11.7. The van der Waals surface area contributed by atoms with E-state index in [0.29, 0.717) is 18.2 Å². The van der Waals surface area contributed by atoms with Gasteiger partial charge in [-0.15, -0.1) is 0 Å². The van der Waals surface area contributed by atoms with E-state index >= 15 is 0 Å². The Kier molecular flexibility index (Phi) is 4.84. The van der Waals surface area contributed by atoms with Crippen LogP contribution in [0.2, 0.25) is 0 Å².